The van der Waals surface area contributed by atoms with Crippen LogP contribution in [0.2, 0.25) is 0 Å². The molecule has 6 nitrogen and oxygen atoms in total. The summed E-state index contributed by atoms with van der Waals surface area (Å²) in [5, 5.41) is 1.01. The molecular weight excluding hydrogens is 446 g/mol. The maximum absolute atomic E-state index is 6.11. The van der Waals surface area contributed by atoms with Crippen LogP contribution in [0.4, 0.5) is 0 Å². The molecule has 0 amide bonds. The molecular formula is C30H19N5O. The zero-order chi connectivity index (χ0) is 23.8. The molecule has 0 aliphatic rings. The lowest BCUT2D eigenvalue weighted by molar-refractivity contribution is 0.643. The van der Waals surface area contributed by atoms with E-state index in [1.165, 1.54) is 0 Å². The molecule has 0 fully saturated rings. The minimum absolute atomic E-state index is 0.572. The summed E-state index contributed by atoms with van der Waals surface area (Å²) in [6.45, 7) is 2.10. The SMILES string of the molecule is Cc1c(-c2ccc(-c3nc4ccccc4c4nc5oc6ccccc6n5c34)cc2)nc2ccccn12. The van der Waals surface area contributed by atoms with Gasteiger partial charge in [0.2, 0.25) is 0 Å². The van der Waals surface area contributed by atoms with Gasteiger partial charge < -0.3 is 8.82 Å². The molecule has 0 N–H and O–H groups in total. The first-order chi connectivity index (χ1) is 17.8. The van der Waals surface area contributed by atoms with Crippen molar-refractivity contribution in [1.29, 1.82) is 0 Å². The predicted octanol–water partition coefficient (Wildman–Crippen LogP) is 7.07. The van der Waals surface area contributed by atoms with Crippen molar-refractivity contribution in [1.82, 2.24) is 23.8 Å². The molecule has 0 aliphatic heterocycles. The first-order valence-corrected chi connectivity index (χ1v) is 11.9. The van der Waals surface area contributed by atoms with E-state index in [4.69, 9.17) is 19.4 Å². The second-order valence-corrected chi connectivity index (χ2v) is 9.03. The molecule has 170 valence electrons. The summed E-state index contributed by atoms with van der Waals surface area (Å²) in [5.74, 6) is 0.572. The number of imidazole rings is 2. The van der Waals surface area contributed by atoms with E-state index in [0.717, 1.165) is 66.9 Å². The lowest BCUT2D eigenvalue weighted by Crippen LogP contribution is -1.92. The summed E-state index contributed by atoms with van der Waals surface area (Å²) in [5.41, 5.74) is 10.5. The highest BCUT2D eigenvalue weighted by atomic mass is 16.4. The zero-order valence-electron chi connectivity index (χ0n) is 19.4. The van der Waals surface area contributed by atoms with Crippen molar-refractivity contribution in [2.24, 2.45) is 0 Å². The maximum Gasteiger partial charge on any atom is 0.307 e. The minimum atomic E-state index is 0.572. The number of hydrogen-bond donors (Lipinski definition) is 0. The number of para-hydroxylation sites is 3. The van der Waals surface area contributed by atoms with E-state index in [2.05, 4.69) is 52.1 Å². The molecule has 0 unspecified atom stereocenters. The van der Waals surface area contributed by atoms with Crippen LogP contribution in [0.5, 0.6) is 0 Å². The highest BCUT2D eigenvalue weighted by Crippen LogP contribution is 2.36. The standard InChI is InChI=1S/C30H19N5O/c1-18-26(32-25-12-6-7-17-34(18)25)19-13-15-20(16-14-19)27-29-28(21-8-2-3-9-22(21)31-27)33-30-35(29)23-10-4-5-11-24(23)36-30/h2-17H,1H3. The molecule has 8 rings (SSSR count). The van der Waals surface area contributed by atoms with Crippen LogP contribution in [0, 0.1) is 6.92 Å². The van der Waals surface area contributed by atoms with Crippen molar-refractivity contribution in [2.45, 2.75) is 6.92 Å². The Kier molecular flexibility index (Phi) is 3.77. The van der Waals surface area contributed by atoms with E-state index >= 15 is 0 Å². The Balaban J connectivity index is 1.39. The quantitative estimate of drug-likeness (QED) is 0.274. The van der Waals surface area contributed by atoms with Crippen LogP contribution in [-0.2, 0) is 0 Å². The second-order valence-electron chi connectivity index (χ2n) is 9.03. The Morgan fingerprint density at radius 3 is 2.31 bits per heavy atom. The van der Waals surface area contributed by atoms with Crippen molar-refractivity contribution in [3.8, 4) is 22.5 Å². The number of aryl methyl sites for hydroxylation is 1. The normalized spacial score (nSPS) is 12.0. The molecule has 3 aromatic carbocycles. The molecule has 6 heteroatoms. The van der Waals surface area contributed by atoms with Gasteiger partial charge in [-0.25, -0.2) is 9.97 Å². The van der Waals surface area contributed by atoms with Gasteiger partial charge in [-0.3, -0.25) is 4.40 Å². The number of pyridine rings is 2. The molecule has 5 aromatic heterocycles. The van der Waals surface area contributed by atoms with Gasteiger partial charge in [-0.15, -0.1) is 0 Å². The van der Waals surface area contributed by atoms with Gasteiger partial charge >= 0.3 is 5.84 Å². The van der Waals surface area contributed by atoms with Crippen LogP contribution in [0.1, 0.15) is 5.69 Å². The number of oxazole rings is 1. The van der Waals surface area contributed by atoms with Gasteiger partial charge in [0.15, 0.2) is 5.58 Å². The molecule has 0 spiro atoms. The fourth-order valence-corrected chi connectivity index (χ4v) is 5.25. The van der Waals surface area contributed by atoms with Crippen molar-refractivity contribution in [3.63, 3.8) is 0 Å². The van der Waals surface area contributed by atoms with Gasteiger partial charge in [-0.1, -0.05) is 60.7 Å². The van der Waals surface area contributed by atoms with E-state index in [1.807, 2.05) is 60.8 Å². The Morgan fingerprint density at radius 1 is 0.694 bits per heavy atom. The number of rotatable bonds is 2. The maximum atomic E-state index is 6.11. The number of benzene rings is 3. The zero-order valence-corrected chi connectivity index (χ0v) is 19.4. The number of nitrogens with zero attached hydrogens (tertiary/aromatic N) is 5. The summed E-state index contributed by atoms with van der Waals surface area (Å²) in [7, 11) is 0. The minimum Gasteiger partial charge on any atom is -0.423 e. The summed E-state index contributed by atoms with van der Waals surface area (Å²) in [6, 6.07) is 30.7. The molecule has 0 aliphatic carbocycles. The smallest absolute Gasteiger partial charge is 0.307 e. The Hall–Kier alpha value is -4.97. The monoisotopic (exact) mass is 465 g/mol. The highest BCUT2D eigenvalue weighted by molar-refractivity contribution is 6.10. The van der Waals surface area contributed by atoms with E-state index in [0.29, 0.717) is 5.84 Å². The Bertz CT molecular complexity index is 2110. The van der Waals surface area contributed by atoms with Crippen molar-refractivity contribution in [3.05, 3.63) is 103 Å². The fraction of sp³-hybridized carbons (Fsp3) is 0.0333. The second kappa shape index (κ2) is 7.02. The molecule has 0 saturated carbocycles. The first kappa shape index (κ1) is 19.3. The fourth-order valence-electron chi connectivity index (χ4n) is 5.25. The number of fused-ring (bicyclic) bond motifs is 8. The van der Waals surface area contributed by atoms with Crippen molar-refractivity contribution in [2.75, 3.05) is 0 Å². The molecule has 0 bridgehead atoms. The largest absolute Gasteiger partial charge is 0.423 e. The Morgan fingerprint density at radius 2 is 1.44 bits per heavy atom. The van der Waals surface area contributed by atoms with Crippen LogP contribution in [0.25, 0.3) is 67.0 Å². The van der Waals surface area contributed by atoms with Crippen LogP contribution in [-0.4, -0.2) is 23.8 Å². The molecule has 36 heavy (non-hydrogen) atoms. The average molecular weight is 466 g/mol. The van der Waals surface area contributed by atoms with Gasteiger partial charge in [-0.2, -0.15) is 4.98 Å². The van der Waals surface area contributed by atoms with E-state index in [9.17, 15) is 0 Å². The van der Waals surface area contributed by atoms with Crippen LogP contribution in [0.3, 0.4) is 0 Å². The molecule has 0 saturated heterocycles. The summed E-state index contributed by atoms with van der Waals surface area (Å²) < 4.78 is 10.3. The summed E-state index contributed by atoms with van der Waals surface area (Å²) >= 11 is 0. The van der Waals surface area contributed by atoms with Crippen LogP contribution < -0.4 is 0 Å². The Labute approximate surface area is 205 Å². The third-order valence-electron chi connectivity index (χ3n) is 6.97. The van der Waals surface area contributed by atoms with Crippen LogP contribution >= 0.6 is 0 Å². The molecule has 0 radical (unpaired) electrons. The van der Waals surface area contributed by atoms with E-state index < -0.39 is 0 Å². The van der Waals surface area contributed by atoms with Gasteiger partial charge in [-0.05, 0) is 37.3 Å². The van der Waals surface area contributed by atoms with E-state index in [-0.39, 0.29) is 0 Å². The van der Waals surface area contributed by atoms with Gasteiger partial charge in [0.25, 0.3) is 0 Å². The van der Waals surface area contributed by atoms with Crippen LogP contribution in [0.15, 0.2) is 102 Å². The molecule has 0 atom stereocenters. The topological polar surface area (TPSA) is 60.6 Å². The lowest BCUT2D eigenvalue weighted by Gasteiger charge is -2.08. The average Bonchev–Trinajstić information content (AvgIpc) is 3.58. The van der Waals surface area contributed by atoms with Gasteiger partial charge in [0, 0.05) is 28.4 Å². The lowest BCUT2D eigenvalue weighted by atomic mass is 10.0. The van der Waals surface area contributed by atoms with E-state index in [1.54, 1.807) is 0 Å². The van der Waals surface area contributed by atoms with Crippen molar-refractivity contribution >= 4 is 44.5 Å². The number of hydrogen-bond acceptors (Lipinski definition) is 4. The summed E-state index contributed by atoms with van der Waals surface area (Å²) in [6.07, 6.45) is 2.05. The van der Waals surface area contributed by atoms with Gasteiger partial charge in [0.1, 0.15) is 16.7 Å². The summed E-state index contributed by atoms with van der Waals surface area (Å²) in [4.78, 5) is 14.9. The molecule has 8 aromatic rings. The third kappa shape index (κ3) is 2.58. The van der Waals surface area contributed by atoms with Crippen molar-refractivity contribution < 1.29 is 4.42 Å². The third-order valence-corrected chi connectivity index (χ3v) is 6.97. The highest BCUT2D eigenvalue weighted by Gasteiger charge is 2.20. The number of aromatic nitrogens is 5. The van der Waals surface area contributed by atoms with Gasteiger partial charge in [0.05, 0.1) is 22.4 Å². The predicted molar refractivity (Wildman–Crippen MR) is 142 cm³/mol. The first-order valence-electron chi connectivity index (χ1n) is 11.9. The molecule has 5 heterocycles.